The lowest BCUT2D eigenvalue weighted by atomic mass is 10.1. The van der Waals surface area contributed by atoms with Gasteiger partial charge in [-0.15, -0.1) is 0 Å². The van der Waals surface area contributed by atoms with Crippen LogP contribution in [-0.2, 0) is 7.05 Å². The van der Waals surface area contributed by atoms with E-state index < -0.39 is 18.2 Å². The van der Waals surface area contributed by atoms with Gasteiger partial charge in [-0.05, 0) is 37.6 Å². The highest BCUT2D eigenvalue weighted by atomic mass is 35.5. The molecule has 36 heavy (non-hydrogen) atoms. The number of anilines is 1. The van der Waals surface area contributed by atoms with Crippen LogP contribution in [0.15, 0.2) is 42.6 Å². The Labute approximate surface area is 213 Å². The molecule has 0 spiro atoms. The molecule has 2 atom stereocenters. The fourth-order valence-electron chi connectivity index (χ4n) is 3.57. The van der Waals surface area contributed by atoms with Crippen molar-refractivity contribution in [2.45, 2.75) is 32.6 Å². The van der Waals surface area contributed by atoms with Crippen molar-refractivity contribution < 1.29 is 28.9 Å². The Kier molecular flexibility index (Phi) is 7.37. The summed E-state index contributed by atoms with van der Waals surface area (Å²) >= 11 is 6.56. The monoisotopic (exact) mass is 514 g/mol. The van der Waals surface area contributed by atoms with Gasteiger partial charge < -0.3 is 29.5 Å². The van der Waals surface area contributed by atoms with Crippen LogP contribution in [0, 0.1) is 0 Å². The van der Waals surface area contributed by atoms with Crippen molar-refractivity contribution in [2.75, 3.05) is 19.0 Å². The Morgan fingerprint density at radius 3 is 2.67 bits per heavy atom. The van der Waals surface area contributed by atoms with Gasteiger partial charge in [-0.1, -0.05) is 18.5 Å². The molecule has 0 saturated heterocycles. The lowest BCUT2D eigenvalue weighted by Crippen LogP contribution is -2.42. The summed E-state index contributed by atoms with van der Waals surface area (Å²) < 4.78 is 19.3. The van der Waals surface area contributed by atoms with Crippen LogP contribution in [0.1, 0.15) is 41.0 Å². The normalized spacial score (nSPS) is 15.7. The van der Waals surface area contributed by atoms with E-state index in [2.05, 4.69) is 10.4 Å². The number of fused-ring (bicyclic) bond motifs is 1. The van der Waals surface area contributed by atoms with Crippen LogP contribution in [0.25, 0.3) is 0 Å². The molecule has 2 amide bonds. The first-order valence-corrected chi connectivity index (χ1v) is 11.8. The first kappa shape index (κ1) is 25.3. The van der Waals surface area contributed by atoms with Gasteiger partial charge in [-0.25, -0.2) is 0 Å². The standard InChI is InChI=1S/C25H27ClN4O6/c1-5-16(13-31)35-17-10-15(24(32)27-21-8-9-29(3)28-21)11-18(12-17)36-20-7-6-19-23(22(20)26)34-14(2)30(4)25(19)33/h6-12,14,16,31H,5,13H2,1-4H3,(H,27,28,32)/t14?,16-/m0/s1. The predicted octanol–water partition coefficient (Wildman–Crippen LogP) is 4.08. The number of hydrogen-bond donors (Lipinski definition) is 2. The summed E-state index contributed by atoms with van der Waals surface area (Å²) in [6.07, 6.45) is 1.31. The number of hydrogen-bond acceptors (Lipinski definition) is 7. The highest BCUT2D eigenvalue weighted by Gasteiger charge is 2.31. The maximum atomic E-state index is 13.0. The first-order chi connectivity index (χ1) is 17.2. The van der Waals surface area contributed by atoms with Gasteiger partial charge in [0.25, 0.3) is 11.8 Å². The van der Waals surface area contributed by atoms with Crippen molar-refractivity contribution in [2.24, 2.45) is 7.05 Å². The maximum Gasteiger partial charge on any atom is 0.260 e. The van der Waals surface area contributed by atoms with Crippen LogP contribution in [0.2, 0.25) is 5.02 Å². The molecular formula is C25H27ClN4O6. The fourth-order valence-corrected chi connectivity index (χ4v) is 3.82. The second-order valence-electron chi connectivity index (χ2n) is 8.34. The van der Waals surface area contributed by atoms with Gasteiger partial charge in [-0.2, -0.15) is 5.10 Å². The number of rotatable bonds is 8. The second kappa shape index (κ2) is 10.5. The zero-order chi connectivity index (χ0) is 26.0. The summed E-state index contributed by atoms with van der Waals surface area (Å²) in [5.74, 6) is 0.811. The molecular weight excluding hydrogens is 488 g/mol. The predicted molar refractivity (Wildman–Crippen MR) is 133 cm³/mol. The van der Waals surface area contributed by atoms with Crippen LogP contribution in [0.4, 0.5) is 5.82 Å². The van der Waals surface area contributed by atoms with Crippen molar-refractivity contribution in [1.82, 2.24) is 14.7 Å². The summed E-state index contributed by atoms with van der Waals surface area (Å²) in [4.78, 5) is 27.0. The van der Waals surface area contributed by atoms with Crippen molar-refractivity contribution in [1.29, 1.82) is 0 Å². The average molecular weight is 515 g/mol. The van der Waals surface area contributed by atoms with Crippen LogP contribution in [0.5, 0.6) is 23.0 Å². The van der Waals surface area contributed by atoms with Gasteiger partial charge in [-0.3, -0.25) is 14.3 Å². The third-order valence-electron chi connectivity index (χ3n) is 5.73. The Morgan fingerprint density at radius 1 is 1.25 bits per heavy atom. The van der Waals surface area contributed by atoms with E-state index in [0.717, 1.165) is 0 Å². The highest BCUT2D eigenvalue weighted by Crippen LogP contribution is 2.42. The quantitative estimate of drug-likeness (QED) is 0.465. The third kappa shape index (κ3) is 5.24. The summed E-state index contributed by atoms with van der Waals surface area (Å²) in [6.45, 7) is 3.43. The summed E-state index contributed by atoms with van der Waals surface area (Å²) in [5, 5.41) is 16.6. The van der Waals surface area contributed by atoms with Crippen LogP contribution in [-0.4, -0.2) is 57.6 Å². The van der Waals surface area contributed by atoms with Crippen molar-refractivity contribution in [3.8, 4) is 23.0 Å². The maximum absolute atomic E-state index is 13.0. The number of nitrogens with one attached hydrogen (secondary N) is 1. The molecule has 0 aliphatic carbocycles. The van der Waals surface area contributed by atoms with E-state index >= 15 is 0 Å². The molecule has 1 aliphatic heterocycles. The molecule has 0 bridgehead atoms. The summed E-state index contributed by atoms with van der Waals surface area (Å²) in [5.41, 5.74) is 0.575. The van der Waals surface area contributed by atoms with Crippen molar-refractivity contribution in [3.63, 3.8) is 0 Å². The number of carbonyl (C=O) groups excluding carboxylic acids is 2. The Morgan fingerprint density at radius 2 is 2.00 bits per heavy atom. The van der Waals surface area contributed by atoms with Crippen LogP contribution < -0.4 is 19.5 Å². The number of aromatic nitrogens is 2. The molecule has 0 radical (unpaired) electrons. The van der Waals surface area contributed by atoms with E-state index in [4.69, 9.17) is 25.8 Å². The smallest absolute Gasteiger partial charge is 0.260 e. The molecule has 0 saturated carbocycles. The molecule has 2 heterocycles. The summed E-state index contributed by atoms with van der Waals surface area (Å²) in [6, 6.07) is 9.49. The van der Waals surface area contributed by atoms with Crippen LogP contribution in [0.3, 0.4) is 0 Å². The third-order valence-corrected chi connectivity index (χ3v) is 6.09. The van der Waals surface area contributed by atoms with Crippen molar-refractivity contribution >= 4 is 29.2 Å². The molecule has 1 aliphatic rings. The average Bonchev–Trinajstić information content (AvgIpc) is 3.27. The van der Waals surface area contributed by atoms with Crippen LogP contribution >= 0.6 is 11.6 Å². The lowest BCUT2D eigenvalue weighted by Gasteiger charge is -2.32. The number of benzene rings is 2. The van der Waals surface area contributed by atoms with Gasteiger partial charge in [0, 0.05) is 38.0 Å². The van der Waals surface area contributed by atoms with Gasteiger partial charge in [0.05, 0.1) is 12.2 Å². The first-order valence-electron chi connectivity index (χ1n) is 11.4. The highest BCUT2D eigenvalue weighted by molar-refractivity contribution is 6.34. The van der Waals surface area contributed by atoms with E-state index in [9.17, 15) is 14.7 Å². The zero-order valence-corrected chi connectivity index (χ0v) is 21.1. The number of aryl methyl sites for hydroxylation is 1. The van der Waals surface area contributed by atoms with E-state index in [-0.39, 0.29) is 40.3 Å². The minimum absolute atomic E-state index is 0.133. The van der Waals surface area contributed by atoms with Gasteiger partial charge in [0.15, 0.2) is 17.8 Å². The molecule has 11 heteroatoms. The molecule has 190 valence electrons. The van der Waals surface area contributed by atoms with E-state index in [1.165, 1.54) is 11.0 Å². The molecule has 2 N–H and O–H groups in total. The SMILES string of the molecule is CC[C@@H](CO)Oc1cc(Oc2ccc3c(c2Cl)OC(C)N(C)C3=O)cc(C(=O)Nc2ccn(C)n2)c1. The largest absolute Gasteiger partial charge is 0.488 e. The van der Waals surface area contributed by atoms with Gasteiger partial charge in [0.2, 0.25) is 0 Å². The number of halogens is 1. The number of ether oxygens (including phenoxy) is 3. The molecule has 4 rings (SSSR count). The van der Waals surface area contributed by atoms with Gasteiger partial charge in [0.1, 0.15) is 28.4 Å². The topological polar surface area (TPSA) is 115 Å². The molecule has 0 fully saturated rings. The number of nitrogens with zero attached hydrogens (tertiary/aromatic N) is 3. The molecule has 1 aromatic heterocycles. The summed E-state index contributed by atoms with van der Waals surface area (Å²) in [7, 11) is 3.39. The van der Waals surface area contributed by atoms with E-state index in [1.807, 2.05) is 6.92 Å². The number of carbonyl (C=O) groups is 2. The minimum Gasteiger partial charge on any atom is -0.488 e. The Balaban J connectivity index is 1.67. The van der Waals surface area contributed by atoms with E-state index in [0.29, 0.717) is 23.6 Å². The Hall–Kier alpha value is -3.76. The Bertz CT molecular complexity index is 1290. The second-order valence-corrected chi connectivity index (χ2v) is 8.72. The number of aliphatic hydroxyl groups is 1. The lowest BCUT2D eigenvalue weighted by molar-refractivity contribution is 0.0293. The molecule has 2 aromatic carbocycles. The van der Waals surface area contributed by atoms with Gasteiger partial charge >= 0.3 is 0 Å². The molecule has 1 unspecified atom stereocenters. The molecule has 3 aromatic rings. The fraction of sp³-hybridized carbons (Fsp3) is 0.320. The number of amides is 2. The number of aliphatic hydroxyl groups excluding tert-OH is 1. The zero-order valence-electron chi connectivity index (χ0n) is 20.3. The van der Waals surface area contributed by atoms with E-state index in [1.54, 1.807) is 62.2 Å². The van der Waals surface area contributed by atoms with Crippen molar-refractivity contribution in [3.05, 3.63) is 58.7 Å². The molecule has 10 nitrogen and oxygen atoms in total. The minimum atomic E-state index is -0.499.